The van der Waals surface area contributed by atoms with E-state index >= 15 is 4.39 Å². The van der Waals surface area contributed by atoms with Crippen LogP contribution in [-0.4, -0.2) is 98.0 Å². The number of methoxy groups -OCH3 is 1. The number of anilines is 2. The number of rotatable bonds is 15. The molecule has 1 aromatic heterocycles. The summed E-state index contributed by atoms with van der Waals surface area (Å²) in [4.78, 5) is 35.3. The molecule has 0 unspecified atom stereocenters. The fourth-order valence-electron chi connectivity index (χ4n) is 12.1. The van der Waals surface area contributed by atoms with E-state index in [1.165, 1.54) is 48.2 Å². The molecule has 18 heteroatoms. The van der Waals surface area contributed by atoms with Gasteiger partial charge in [0.1, 0.15) is 24.8 Å². The van der Waals surface area contributed by atoms with Gasteiger partial charge in [0.05, 0.1) is 38.8 Å². The Balaban J connectivity index is 0.901. The van der Waals surface area contributed by atoms with E-state index in [0.717, 1.165) is 57.1 Å². The van der Waals surface area contributed by atoms with Crippen molar-refractivity contribution >= 4 is 38.8 Å². The van der Waals surface area contributed by atoms with Gasteiger partial charge in [0, 0.05) is 68.2 Å². The number of fused-ring (bicyclic) bond motifs is 2. The van der Waals surface area contributed by atoms with Crippen molar-refractivity contribution in [3.63, 3.8) is 0 Å². The number of allylic oxidation sites excluding steroid dienone is 1. The summed E-state index contributed by atoms with van der Waals surface area (Å²) in [6.45, 7) is 11.0. The second-order valence-electron chi connectivity index (χ2n) is 21.8. The molecule has 3 N–H and O–H groups in total. The normalized spacial score (nSPS) is 24.2. The van der Waals surface area contributed by atoms with Crippen LogP contribution in [0.3, 0.4) is 0 Å². The number of carbonyl (C=O) groups excluding carboxylic acids is 1. The molecule has 10 rings (SSSR count). The Kier molecular flexibility index (Phi) is 14.0. The zero-order valence-electron chi connectivity index (χ0n) is 42.3. The maximum atomic E-state index is 15.2. The summed E-state index contributed by atoms with van der Waals surface area (Å²) in [7, 11) is -3.23. The van der Waals surface area contributed by atoms with Crippen molar-refractivity contribution in [3.8, 4) is 23.1 Å². The summed E-state index contributed by atoms with van der Waals surface area (Å²) in [6, 6.07) is 18.1. The lowest BCUT2D eigenvalue weighted by Crippen LogP contribution is -2.54. The van der Waals surface area contributed by atoms with Gasteiger partial charge in [0.2, 0.25) is 0 Å². The third-order valence-corrected chi connectivity index (χ3v) is 17.8. The number of nitrogens with zero attached hydrogens (tertiary/aromatic N) is 4. The second kappa shape index (κ2) is 20.1. The number of halogens is 1. The van der Waals surface area contributed by atoms with Crippen molar-refractivity contribution in [1.29, 1.82) is 0 Å². The molecule has 1 spiro atoms. The fraction of sp³-hybridized carbons (Fsp3) is 0.527. The smallest absolute Gasteiger partial charge is 0.297 e. The Morgan fingerprint density at radius 2 is 1.78 bits per heavy atom. The first-order valence-electron chi connectivity index (χ1n) is 25.9. The van der Waals surface area contributed by atoms with Crippen LogP contribution in [0.25, 0.3) is 5.83 Å². The van der Waals surface area contributed by atoms with Gasteiger partial charge in [-0.05, 0) is 137 Å². The molecular formula is C55H67FN6O10S. The average Bonchev–Trinajstić information content (AvgIpc) is 4.00. The molecule has 1 amide bonds. The molecule has 6 aliphatic rings. The van der Waals surface area contributed by atoms with Gasteiger partial charge in [-0.2, -0.15) is 0 Å². The Bertz CT molecular complexity index is 2900. The van der Waals surface area contributed by atoms with E-state index in [2.05, 4.69) is 62.9 Å². The first kappa shape index (κ1) is 50.7. The minimum absolute atomic E-state index is 0.00257. The molecule has 4 aromatic rings. The molecule has 4 fully saturated rings. The van der Waals surface area contributed by atoms with Crippen molar-refractivity contribution in [3.05, 3.63) is 105 Å². The quantitative estimate of drug-likeness (QED) is 0.0752. The number of hydrogen-bond acceptors (Lipinski definition) is 14. The SMILES string of the molecule is CO[C@@H](C)COc1nc2c(cc1Oc1cc(N3CCC4(CC3)CC(N3CCC[C@H]3c3ccccc3C(C)C)C4)ccc1C(=O)NS(=O)(=O)c1cc3c(c([N+](=O)[O-])c1)N[C@@H](C1CCC(C)(O)CC1)CO3)C(F)=CC2. The molecule has 3 aliphatic heterocycles. The fourth-order valence-corrected chi connectivity index (χ4v) is 13.1. The van der Waals surface area contributed by atoms with E-state index < -0.39 is 42.9 Å². The van der Waals surface area contributed by atoms with Crippen LogP contribution in [0.5, 0.6) is 23.1 Å². The number of nitrogens with one attached hydrogen (secondary N) is 2. The number of nitro benzene ring substituents is 1. The molecule has 0 bridgehead atoms. The number of piperidine rings is 1. The van der Waals surface area contributed by atoms with Crippen LogP contribution in [0.1, 0.15) is 137 Å². The highest BCUT2D eigenvalue weighted by atomic mass is 32.2. The van der Waals surface area contributed by atoms with Gasteiger partial charge in [0.15, 0.2) is 17.2 Å². The third kappa shape index (κ3) is 10.4. The van der Waals surface area contributed by atoms with Crippen molar-refractivity contribution in [1.82, 2.24) is 14.6 Å². The van der Waals surface area contributed by atoms with Crippen molar-refractivity contribution in [2.45, 2.75) is 139 Å². The number of carbonyl (C=O) groups is 1. The number of hydrogen-bond donors (Lipinski definition) is 3. The Labute approximate surface area is 426 Å². The Morgan fingerprint density at radius 1 is 1.03 bits per heavy atom. The summed E-state index contributed by atoms with van der Waals surface area (Å²) >= 11 is 0. The van der Waals surface area contributed by atoms with Crippen molar-refractivity contribution in [2.24, 2.45) is 11.3 Å². The number of amides is 1. The minimum atomic E-state index is -4.77. The highest BCUT2D eigenvalue weighted by Gasteiger charge is 2.50. The summed E-state index contributed by atoms with van der Waals surface area (Å²) < 4.78 is 69.6. The van der Waals surface area contributed by atoms with Crippen LogP contribution in [0.15, 0.2) is 71.6 Å². The van der Waals surface area contributed by atoms with Crippen LogP contribution < -0.4 is 29.1 Å². The van der Waals surface area contributed by atoms with E-state index in [1.54, 1.807) is 26.2 Å². The number of nitro groups is 1. The van der Waals surface area contributed by atoms with Crippen LogP contribution in [-0.2, 0) is 21.2 Å². The number of sulfonamides is 1. The number of likely N-dealkylation sites (tertiary alicyclic amines) is 1. The van der Waals surface area contributed by atoms with E-state index in [9.17, 15) is 28.4 Å². The molecule has 3 aromatic carbocycles. The highest BCUT2D eigenvalue weighted by molar-refractivity contribution is 7.90. The first-order valence-corrected chi connectivity index (χ1v) is 27.4. The molecule has 390 valence electrons. The standard InChI is InChI=1S/C55H67FN6O10S/c1-33(2)39-9-6-7-10-40(39)46-11-8-22-61(46)37-29-55(30-37)20-23-60(24-21-55)36-12-13-41(48(25-36)72-50-28-42-43(56)14-15-44(42)58-53(50)71-31-34(3)69-5)52(63)59-73(67,68)38-26-47(62(65)66)51-49(27-38)70-32-45(57-51)35-16-18-54(4,64)19-17-35/h6-7,9-10,12-14,25-28,33-35,37,45-46,57,64H,8,11,15-24,29-32H2,1-5H3,(H,59,63)/t34-,35?,45+,46-,54?/m0/s1. The lowest BCUT2D eigenvalue weighted by molar-refractivity contribution is -0.384. The summed E-state index contributed by atoms with van der Waals surface area (Å²) in [6.07, 6.45) is 10.5. The first-order chi connectivity index (χ1) is 34.9. The van der Waals surface area contributed by atoms with Gasteiger partial charge in [-0.3, -0.25) is 19.8 Å². The maximum absolute atomic E-state index is 15.2. The van der Waals surface area contributed by atoms with E-state index in [0.29, 0.717) is 49.4 Å². The number of aliphatic hydroxyl groups is 1. The van der Waals surface area contributed by atoms with Gasteiger partial charge in [0.25, 0.3) is 27.5 Å². The third-order valence-electron chi connectivity index (χ3n) is 16.5. The maximum Gasteiger partial charge on any atom is 0.297 e. The van der Waals surface area contributed by atoms with E-state index in [1.807, 2.05) is 6.92 Å². The van der Waals surface area contributed by atoms with Crippen molar-refractivity contribution in [2.75, 3.05) is 50.2 Å². The van der Waals surface area contributed by atoms with E-state index in [4.69, 9.17) is 18.9 Å². The molecule has 0 radical (unpaired) electrons. The zero-order valence-corrected chi connectivity index (χ0v) is 43.1. The number of ether oxygens (including phenoxy) is 4. The predicted molar refractivity (Wildman–Crippen MR) is 275 cm³/mol. The van der Waals surface area contributed by atoms with Crippen LogP contribution in [0, 0.1) is 21.4 Å². The average molecular weight is 1020 g/mol. The molecule has 2 saturated heterocycles. The molecular weight excluding hydrogens is 956 g/mol. The second-order valence-corrected chi connectivity index (χ2v) is 23.5. The zero-order chi connectivity index (χ0) is 51.4. The monoisotopic (exact) mass is 1020 g/mol. The largest absolute Gasteiger partial charge is 0.489 e. The highest BCUT2D eigenvalue weighted by Crippen LogP contribution is 2.55. The Hall–Kier alpha value is -5.82. The van der Waals surface area contributed by atoms with Gasteiger partial charge >= 0.3 is 0 Å². The molecule has 3 atom stereocenters. The van der Waals surface area contributed by atoms with Gasteiger partial charge in [-0.15, -0.1) is 0 Å². The molecule has 4 heterocycles. The van der Waals surface area contributed by atoms with E-state index in [-0.39, 0.29) is 83.1 Å². The lowest BCUT2D eigenvalue weighted by Gasteiger charge is -2.56. The van der Waals surface area contributed by atoms with Gasteiger partial charge in [-0.1, -0.05) is 38.1 Å². The number of pyridine rings is 1. The van der Waals surface area contributed by atoms with Crippen LogP contribution in [0.2, 0.25) is 0 Å². The van der Waals surface area contributed by atoms with Crippen LogP contribution in [0.4, 0.5) is 21.5 Å². The lowest BCUT2D eigenvalue weighted by atomic mass is 9.59. The predicted octanol–water partition coefficient (Wildman–Crippen LogP) is 10.0. The molecule has 73 heavy (non-hydrogen) atoms. The summed E-state index contributed by atoms with van der Waals surface area (Å²) in [5, 5.41) is 26.2. The molecule has 2 saturated carbocycles. The summed E-state index contributed by atoms with van der Waals surface area (Å²) in [5.41, 5.74) is 3.10. The van der Waals surface area contributed by atoms with Gasteiger partial charge in [-0.25, -0.2) is 22.5 Å². The van der Waals surface area contributed by atoms with Crippen molar-refractivity contribution < 1.29 is 46.6 Å². The summed E-state index contributed by atoms with van der Waals surface area (Å²) in [5.74, 6) is -1.05. The number of benzene rings is 3. The minimum Gasteiger partial charge on any atom is -0.489 e. The molecule has 16 nitrogen and oxygen atoms in total. The number of aromatic nitrogens is 1. The molecule has 3 aliphatic carbocycles. The Morgan fingerprint density at radius 3 is 2.51 bits per heavy atom. The van der Waals surface area contributed by atoms with Crippen LogP contribution >= 0.6 is 0 Å². The topological polar surface area (TPSA) is 195 Å². The van der Waals surface area contributed by atoms with Gasteiger partial charge < -0.3 is 34.3 Å².